The van der Waals surface area contributed by atoms with Crippen molar-refractivity contribution in [3.63, 3.8) is 0 Å². The molecule has 1 aliphatic heterocycles. The largest absolute Gasteiger partial charge is 0.478 e. The fraction of sp³-hybridized carbons (Fsp3) is 0.500. The minimum absolute atomic E-state index is 0.0402. The number of carboxylic acid groups (broad SMARTS) is 1. The van der Waals surface area contributed by atoms with Crippen LogP contribution < -0.4 is 0 Å². The summed E-state index contributed by atoms with van der Waals surface area (Å²) in [4.78, 5) is 11.0. The zero-order chi connectivity index (χ0) is 15.8. The van der Waals surface area contributed by atoms with E-state index >= 15 is 0 Å². The van der Waals surface area contributed by atoms with Crippen molar-refractivity contribution in [1.82, 2.24) is 4.31 Å². The standard InChI is InChI=1S/C14H18ClNO4S/c1-9-3-4-10(2)16(8-9)21(19,20)11-5-6-12(14(17)18)13(15)7-11/h5-7,9-10H,3-4,8H2,1-2H3,(H,17,18). The van der Waals surface area contributed by atoms with E-state index in [0.29, 0.717) is 12.5 Å². The van der Waals surface area contributed by atoms with E-state index in [1.54, 1.807) is 0 Å². The predicted molar refractivity (Wildman–Crippen MR) is 80.2 cm³/mol. The van der Waals surface area contributed by atoms with Crippen LogP contribution in [0.1, 0.15) is 37.0 Å². The fourth-order valence-corrected chi connectivity index (χ4v) is 4.68. The van der Waals surface area contributed by atoms with Crippen LogP contribution in [0, 0.1) is 5.92 Å². The molecule has 5 nitrogen and oxygen atoms in total. The maximum atomic E-state index is 12.7. The molecule has 0 spiro atoms. The molecule has 2 rings (SSSR count). The lowest BCUT2D eigenvalue weighted by molar-refractivity contribution is 0.0697. The third-order valence-corrected chi connectivity index (χ3v) is 6.13. The molecule has 1 saturated heterocycles. The third-order valence-electron chi connectivity index (χ3n) is 3.84. The number of halogens is 1. The maximum absolute atomic E-state index is 12.7. The molecule has 0 amide bonds. The van der Waals surface area contributed by atoms with Crippen LogP contribution in [0.5, 0.6) is 0 Å². The van der Waals surface area contributed by atoms with E-state index in [4.69, 9.17) is 16.7 Å². The first-order valence-electron chi connectivity index (χ1n) is 6.78. The minimum Gasteiger partial charge on any atom is -0.478 e. The van der Waals surface area contributed by atoms with Gasteiger partial charge in [-0.25, -0.2) is 13.2 Å². The lowest BCUT2D eigenvalue weighted by atomic mass is 9.97. The van der Waals surface area contributed by atoms with E-state index in [2.05, 4.69) is 0 Å². The van der Waals surface area contributed by atoms with E-state index in [1.807, 2.05) is 13.8 Å². The second-order valence-electron chi connectivity index (χ2n) is 5.55. The molecule has 1 aromatic rings. The molecule has 0 aliphatic carbocycles. The molecule has 2 unspecified atom stereocenters. The summed E-state index contributed by atoms with van der Waals surface area (Å²) in [5.41, 5.74) is -0.101. The molecule has 0 saturated carbocycles. The van der Waals surface area contributed by atoms with Crippen LogP contribution in [0.25, 0.3) is 0 Å². The predicted octanol–water partition coefficient (Wildman–Crippen LogP) is 2.85. The van der Waals surface area contributed by atoms with Gasteiger partial charge >= 0.3 is 5.97 Å². The Labute approximate surface area is 129 Å². The summed E-state index contributed by atoms with van der Waals surface area (Å²) in [7, 11) is -3.65. The van der Waals surface area contributed by atoms with Gasteiger partial charge < -0.3 is 5.11 Å². The summed E-state index contributed by atoms with van der Waals surface area (Å²) in [5, 5.41) is 8.87. The van der Waals surface area contributed by atoms with Gasteiger partial charge in [-0.15, -0.1) is 0 Å². The first kappa shape index (κ1) is 16.3. The topological polar surface area (TPSA) is 74.7 Å². The Morgan fingerprint density at radius 3 is 2.57 bits per heavy atom. The number of benzene rings is 1. The van der Waals surface area contributed by atoms with Crippen LogP contribution in [-0.4, -0.2) is 36.4 Å². The fourth-order valence-electron chi connectivity index (χ4n) is 2.55. The Balaban J connectivity index is 2.39. The summed E-state index contributed by atoms with van der Waals surface area (Å²) in [6.07, 6.45) is 1.83. The normalized spacial score (nSPS) is 24.0. The molecule has 7 heteroatoms. The molecule has 2 atom stereocenters. The third kappa shape index (κ3) is 3.22. The van der Waals surface area contributed by atoms with Gasteiger partial charge in [-0.05, 0) is 43.9 Å². The Kier molecular flexibility index (Phi) is 4.60. The maximum Gasteiger partial charge on any atom is 0.337 e. The van der Waals surface area contributed by atoms with Gasteiger partial charge in [0.2, 0.25) is 10.0 Å². The Morgan fingerprint density at radius 1 is 1.33 bits per heavy atom. The number of nitrogens with zero attached hydrogens (tertiary/aromatic N) is 1. The molecule has 1 fully saturated rings. The molecule has 21 heavy (non-hydrogen) atoms. The van der Waals surface area contributed by atoms with Crippen molar-refractivity contribution < 1.29 is 18.3 Å². The summed E-state index contributed by atoms with van der Waals surface area (Å²) in [6.45, 7) is 4.38. The Morgan fingerprint density at radius 2 is 2.00 bits per heavy atom. The molecular formula is C14H18ClNO4S. The molecule has 1 aromatic carbocycles. The zero-order valence-corrected chi connectivity index (χ0v) is 13.5. The number of rotatable bonds is 3. The van der Waals surface area contributed by atoms with E-state index < -0.39 is 16.0 Å². The van der Waals surface area contributed by atoms with Gasteiger partial charge in [-0.1, -0.05) is 18.5 Å². The number of sulfonamides is 1. The zero-order valence-electron chi connectivity index (χ0n) is 11.9. The van der Waals surface area contributed by atoms with E-state index in [0.717, 1.165) is 12.8 Å². The van der Waals surface area contributed by atoms with Crippen molar-refractivity contribution in [1.29, 1.82) is 0 Å². The molecule has 116 valence electrons. The monoisotopic (exact) mass is 331 g/mol. The van der Waals surface area contributed by atoms with Gasteiger partial charge in [0.05, 0.1) is 15.5 Å². The highest BCUT2D eigenvalue weighted by atomic mass is 35.5. The smallest absolute Gasteiger partial charge is 0.337 e. The summed E-state index contributed by atoms with van der Waals surface area (Å²) >= 11 is 5.87. The van der Waals surface area contributed by atoms with E-state index in [9.17, 15) is 13.2 Å². The molecule has 1 heterocycles. The van der Waals surface area contributed by atoms with Crippen LogP contribution in [0.3, 0.4) is 0 Å². The van der Waals surface area contributed by atoms with Crippen LogP contribution in [0.4, 0.5) is 0 Å². The van der Waals surface area contributed by atoms with Gasteiger partial charge in [0.25, 0.3) is 0 Å². The number of hydrogen-bond acceptors (Lipinski definition) is 3. The van der Waals surface area contributed by atoms with Crippen molar-refractivity contribution in [2.45, 2.75) is 37.6 Å². The average molecular weight is 332 g/mol. The van der Waals surface area contributed by atoms with Crippen LogP contribution in [0.2, 0.25) is 5.02 Å². The van der Waals surface area contributed by atoms with Crippen LogP contribution in [0.15, 0.2) is 23.1 Å². The molecule has 0 bridgehead atoms. The van der Waals surface area contributed by atoms with E-state index in [1.165, 1.54) is 22.5 Å². The van der Waals surface area contributed by atoms with Crippen LogP contribution >= 0.6 is 11.6 Å². The SMILES string of the molecule is CC1CCC(C)N(S(=O)(=O)c2ccc(C(=O)O)c(Cl)c2)C1. The van der Waals surface area contributed by atoms with Crippen LogP contribution in [-0.2, 0) is 10.0 Å². The van der Waals surface area contributed by atoms with Crippen molar-refractivity contribution in [2.75, 3.05) is 6.54 Å². The van der Waals surface area contributed by atoms with Gasteiger partial charge in [0.1, 0.15) is 0 Å². The number of piperidine rings is 1. The van der Waals surface area contributed by atoms with E-state index in [-0.39, 0.29) is 21.5 Å². The number of carboxylic acids is 1. The lowest BCUT2D eigenvalue weighted by Gasteiger charge is -2.35. The Bertz CT molecular complexity index is 659. The second kappa shape index (κ2) is 5.94. The van der Waals surface area contributed by atoms with Crippen molar-refractivity contribution in [3.05, 3.63) is 28.8 Å². The average Bonchev–Trinajstić information content (AvgIpc) is 2.40. The summed E-state index contributed by atoms with van der Waals surface area (Å²) in [5.74, 6) is -0.867. The molecule has 0 aromatic heterocycles. The summed E-state index contributed by atoms with van der Waals surface area (Å²) in [6, 6.07) is 3.68. The highest BCUT2D eigenvalue weighted by Crippen LogP contribution is 2.29. The van der Waals surface area contributed by atoms with Crippen molar-refractivity contribution in [3.8, 4) is 0 Å². The van der Waals surface area contributed by atoms with Gasteiger partial charge in [-0.2, -0.15) is 4.31 Å². The van der Waals surface area contributed by atoms with Gasteiger partial charge in [0, 0.05) is 12.6 Å². The summed E-state index contributed by atoms with van der Waals surface area (Å²) < 4.78 is 26.9. The molecule has 1 aliphatic rings. The van der Waals surface area contributed by atoms with Gasteiger partial charge in [0.15, 0.2) is 0 Å². The first-order chi connectivity index (χ1) is 9.73. The van der Waals surface area contributed by atoms with Gasteiger partial charge in [-0.3, -0.25) is 0 Å². The number of carbonyl (C=O) groups is 1. The highest BCUT2D eigenvalue weighted by molar-refractivity contribution is 7.89. The molecule has 1 N–H and O–H groups in total. The number of aromatic carboxylic acids is 1. The highest BCUT2D eigenvalue weighted by Gasteiger charge is 2.33. The lowest BCUT2D eigenvalue weighted by Crippen LogP contribution is -2.44. The second-order valence-corrected chi connectivity index (χ2v) is 7.85. The Hall–Kier alpha value is -1.11. The quantitative estimate of drug-likeness (QED) is 0.924. The molecular weight excluding hydrogens is 314 g/mol. The van der Waals surface area contributed by atoms with Crippen molar-refractivity contribution >= 4 is 27.6 Å². The number of hydrogen-bond donors (Lipinski definition) is 1. The molecule has 0 radical (unpaired) electrons. The first-order valence-corrected chi connectivity index (χ1v) is 8.60. The van der Waals surface area contributed by atoms with Crippen molar-refractivity contribution in [2.24, 2.45) is 5.92 Å². The minimum atomic E-state index is -3.65.